The van der Waals surface area contributed by atoms with Crippen LogP contribution in [0, 0.1) is 13.8 Å². The molecule has 0 spiro atoms. The van der Waals surface area contributed by atoms with E-state index in [2.05, 4.69) is 10.4 Å². The van der Waals surface area contributed by atoms with Crippen LogP contribution in [0.3, 0.4) is 0 Å². The average Bonchev–Trinajstić information content (AvgIpc) is 3.16. The summed E-state index contributed by atoms with van der Waals surface area (Å²) in [6.07, 6.45) is 2.10. The van der Waals surface area contributed by atoms with E-state index in [0.717, 1.165) is 17.0 Å². The molecular formula is C20H22N4O3. The standard InChI is InChI=1S/C20H22N4O3/c1-13-4-5-14(2)24(13)20-17(12-21-23(20)3)19(27)22-16-9-6-15(7-10-16)8-11-18(25)26/h4-7,9-10,12H,8,11H2,1-3H3,(H,22,27)(H,25,26). The van der Waals surface area contributed by atoms with E-state index in [-0.39, 0.29) is 12.3 Å². The molecule has 1 aromatic carbocycles. The SMILES string of the molecule is Cc1ccc(C)n1-c1c(C(=O)Nc2ccc(CCC(=O)O)cc2)cnn1C. The Morgan fingerprint density at radius 2 is 1.70 bits per heavy atom. The molecule has 0 fully saturated rings. The molecule has 1 amide bonds. The lowest BCUT2D eigenvalue weighted by Gasteiger charge is -2.12. The smallest absolute Gasteiger partial charge is 0.303 e. The van der Waals surface area contributed by atoms with Gasteiger partial charge in [0.2, 0.25) is 0 Å². The molecule has 27 heavy (non-hydrogen) atoms. The number of benzene rings is 1. The first-order valence-electron chi connectivity index (χ1n) is 8.66. The highest BCUT2D eigenvalue weighted by molar-refractivity contribution is 6.06. The number of hydrogen-bond donors (Lipinski definition) is 2. The summed E-state index contributed by atoms with van der Waals surface area (Å²) in [5.41, 5.74) is 4.08. The molecule has 3 aromatic rings. The third kappa shape index (κ3) is 3.92. The summed E-state index contributed by atoms with van der Waals surface area (Å²) < 4.78 is 3.68. The van der Waals surface area contributed by atoms with Crippen LogP contribution in [0.1, 0.15) is 33.7 Å². The van der Waals surface area contributed by atoms with E-state index in [0.29, 0.717) is 23.5 Å². The average molecular weight is 366 g/mol. The van der Waals surface area contributed by atoms with Crippen LogP contribution in [0.4, 0.5) is 5.69 Å². The minimum Gasteiger partial charge on any atom is -0.481 e. The van der Waals surface area contributed by atoms with Crippen molar-refractivity contribution in [3.63, 3.8) is 0 Å². The summed E-state index contributed by atoms with van der Waals surface area (Å²) in [6.45, 7) is 3.97. The van der Waals surface area contributed by atoms with Crippen LogP contribution >= 0.6 is 0 Å². The Morgan fingerprint density at radius 3 is 2.30 bits per heavy atom. The molecule has 0 atom stereocenters. The van der Waals surface area contributed by atoms with Gasteiger partial charge >= 0.3 is 5.97 Å². The number of aliphatic carboxylic acids is 1. The van der Waals surface area contributed by atoms with Crippen molar-refractivity contribution in [2.75, 3.05) is 5.32 Å². The lowest BCUT2D eigenvalue weighted by atomic mass is 10.1. The molecular weight excluding hydrogens is 344 g/mol. The van der Waals surface area contributed by atoms with Crippen molar-refractivity contribution < 1.29 is 14.7 Å². The van der Waals surface area contributed by atoms with Gasteiger partial charge in [0.25, 0.3) is 5.91 Å². The Kier molecular flexibility index (Phi) is 5.12. The number of carbonyl (C=O) groups excluding carboxylic acids is 1. The Bertz CT molecular complexity index is 964. The zero-order chi connectivity index (χ0) is 19.6. The predicted octanol–water partition coefficient (Wildman–Crippen LogP) is 3.10. The van der Waals surface area contributed by atoms with Gasteiger partial charge in [-0.3, -0.25) is 14.3 Å². The van der Waals surface area contributed by atoms with Gasteiger partial charge in [-0.1, -0.05) is 12.1 Å². The Labute approximate surface area is 157 Å². The maximum Gasteiger partial charge on any atom is 0.303 e. The normalized spacial score (nSPS) is 10.8. The molecule has 0 aliphatic rings. The van der Waals surface area contributed by atoms with Crippen LogP contribution in [0.2, 0.25) is 0 Å². The molecule has 0 radical (unpaired) electrons. The molecule has 7 heteroatoms. The molecule has 7 nitrogen and oxygen atoms in total. The number of carboxylic acid groups (broad SMARTS) is 1. The lowest BCUT2D eigenvalue weighted by Crippen LogP contribution is -2.16. The van der Waals surface area contributed by atoms with Crippen molar-refractivity contribution >= 4 is 17.6 Å². The van der Waals surface area contributed by atoms with Crippen molar-refractivity contribution in [1.82, 2.24) is 14.3 Å². The van der Waals surface area contributed by atoms with E-state index in [4.69, 9.17) is 5.11 Å². The highest BCUT2D eigenvalue weighted by atomic mass is 16.4. The molecule has 0 saturated heterocycles. The summed E-state index contributed by atoms with van der Waals surface area (Å²) in [7, 11) is 1.81. The minimum absolute atomic E-state index is 0.0837. The molecule has 2 aromatic heterocycles. The second kappa shape index (κ2) is 7.49. The van der Waals surface area contributed by atoms with Crippen LogP contribution in [0.25, 0.3) is 5.82 Å². The van der Waals surface area contributed by atoms with E-state index in [1.807, 2.05) is 49.7 Å². The molecule has 3 rings (SSSR count). The summed E-state index contributed by atoms with van der Waals surface area (Å²) in [4.78, 5) is 23.5. The first-order valence-corrected chi connectivity index (χ1v) is 8.66. The molecule has 0 aliphatic carbocycles. The predicted molar refractivity (Wildman–Crippen MR) is 102 cm³/mol. The molecule has 2 heterocycles. The van der Waals surface area contributed by atoms with Crippen molar-refractivity contribution in [2.24, 2.45) is 7.05 Å². The number of amides is 1. The fourth-order valence-electron chi connectivity index (χ4n) is 3.06. The van der Waals surface area contributed by atoms with Gasteiger partial charge in [0, 0.05) is 30.5 Å². The van der Waals surface area contributed by atoms with Gasteiger partial charge < -0.3 is 15.0 Å². The fraction of sp³-hybridized carbons (Fsp3) is 0.250. The number of nitrogens with zero attached hydrogens (tertiary/aromatic N) is 3. The van der Waals surface area contributed by atoms with Crippen molar-refractivity contribution in [3.8, 4) is 5.82 Å². The first kappa shape index (κ1) is 18.4. The molecule has 0 aliphatic heterocycles. The lowest BCUT2D eigenvalue weighted by molar-refractivity contribution is -0.136. The van der Waals surface area contributed by atoms with E-state index >= 15 is 0 Å². The summed E-state index contributed by atoms with van der Waals surface area (Å²) in [5.74, 6) is -0.360. The van der Waals surface area contributed by atoms with Gasteiger partial charge in [-0.25, -0.2) is 0 Å². The van der Waals surface area contributed by atoms with Crippen LogP contribution in [-0.4, -0.2) is 31.3 Å². The summed E-state index contributed by atoms with van der Waals surface area (Å²) in [6, 6.07) is 11.2. The van der Waals surface area contributed by atoms with Gasteiger partial charge in [0.15, 0.2) is 0 Å². The fourth-order valence-corrected chi connectivity index (χ4v) is 3.06. The van der Waals surface area contributed by atoms with Crippen molar-refractivity contribution in [1.29, 1.82) is 0 Å². The maximum atomic E-state index is 12.8. The second-order valence-electron chi connectivity index (χ2n) is 6.50. The van der Waals surface area contributed by atoms with Gasteiger partial charge in [0.1, 0.15) is 11.4 Å². The summed E-state index contributed by atoms with van der Waals surface area (Å²) in [5, 5.41) is 15.9. The molecule has 2 N–H and O–H groups in total. The number of aryl methyl sites for hydroxylation is 4. The van der Waals surface area contributed by atoms with Crippen molar-refractivity contribution in [2.45, 2.75) is 26.7 Å². The number of nitrogens with one attached hydrogen (secondary N) is 1. The monoisotopic (exact) mass is 366 g/mol. The Balaban J connectivity index is 1.81. The highest BCUT2D eigenvalue weighted by Gasteiger charge is 2.20. The van der Waals surface area contributed by atoms with E-state index in [1.165, 1.54) is 0 Å². The van der Waals surface area contributed by atoms with E-state index in [1.54, 1.807) is 23.0 Å². The van der Waals surface area contributed by atoms with Crippen molar-refractivity contribution in [3.05, 3.63) is 65.1 Å². The number of anilines is 1. The number of carbonyl (C=O) groups is 2. The zero-order valence-corrected chi connectivity index (χ0v) is 15.6. The van der Waals surface area contributed by atoms with Gasteiger partial charge in [-0.2, -0.15) is 5.10 Å². The maximum absolute atomic E-state index is 12.8. The van der Waals surface area contributed by atoms with Crippen LogP contribution in [0.5, 0.6) is 0 Å². The molecule has 140 valence electrons. The zero-order valence-electron chi connectivity index (χ0n) is 15.6. The number of aromatic nitrogens is 3. The quantitative estimate of drug-likeness (QED) is 0.701. The van der Waals surface area contributed by atoms with Gasteiger partial charge in [-0.15, -0.1) is 0 Å². The van der Waals surface area contributed by atoms with Gasteiger partial charge in [-0.05, 0) is 50.1 Å². The van der Waals surface area contributed by atoms with E-state index in [9.17, 15) is 9.59 Å². The molecule has 0 unspecified atom stereocenters. The summed E-state index contributed by atoms with van der Waals surface area (Å²) >= 11 is 0. The highest BCUT2D eigenvalue weighted by Crippen LogP contribution is 2.21. The van der Waals surface area contributed by atoms with Gasteiger partial charge in [0.05, 0.1) is 6.20 Å². The van der Waals surface area contributed by atoms with Crippen LogP contribution in [-0.2, 0) is 18.3 Å². The topological polar surface area (TPSA) is 89.2 Å². The Hall–Kier alpha value is -3.35. The number of rotatable bonds is 6. The Morgan fingerprint density at radius 1 is 1.07 bits per heavy atom. The third-order valence-electron chi connectivity index (χ3n) is 4.47. The number of hydrogen-bond acceptors (Lipinski definition) is 3. The van der Waals surface area contributed by atoms with E-state index < -0.39 is 5.97 Å². The molecule has 0 bridgehead atoms. The largest absolute Gasteiger partial charge is 0.481 e. The number of carboxylic acids is 1. The minimum atomic E-state index is -0.827. The third-order valence-corrected chi connectivity index (χ3v) is 4.47. The van der Waals surface area contributed by atoms with Crippen LogP contribution < -0.4 is 5.32 Å². The molecule has 0 saturated carbocycles. The van der Waals surface area contributed by atoms with Crippen LogP contribution in [0.15, 0.2) is 42.6 Å². The second-order valence-corrected chi connectivity index (χ2v) is 6.50. The first-order chi connectivity index (χ1) is 12.9.